The summed E-state index contributed by atoms with van der Waals surface area (Å²) in [5, 5.41) is 0. The van der Waals surface area contributed by atoms with Gasteiger partial charge < -0.3 is 0 Å². The standard InChI is InChI=1S/C18H12BF3O6S6/c20-13-1-7-16(8-2-13)32(23,24)29-19(30-33(25,26)17-9-3-14(21)4-10-17)31-34(27,28)18-11-5-15(22)6-12-18/h1-12H. The monoisotopic (exact) mass is 584 g/mol. The van der Waals surface area contributed by atoms with Crippen molar-refractivity contribution in [2.45, 2.75) is 14.7 Å². The molecule has 0 radical (unpaired) electrons. The van der Waals surface area contributed by atoms with Crippen LogP contribution in [0.2, 0.25) is 0 Å². The van der Waals surface area contributed by atoms with E-state index in [0.717, 1.165) is 72.8 Å². The first kappa shape index (κ1) is 27.0. The highest BCUT2D eigenvalue weighted by molar-refractivity contribution is 9.15. The van der Waals surface area contributed by atoms with Gasteiger partial charge in [-0.1, -0.05) is 0 Å². The van der Waals surface area contributed by atoms with Crippen LogP contribution in [0.4, 0.5) is 13.2 Å². The summed E-state index contributed by atoms with van der Waals surface area (Å²) in [4.78, 5) is -1.12. The fraction of sp³-hybridized carbons (Fsp3) is 0. The van der Waals surface area contributed by atoms with Crippen molar-refractivity contribution < 1.29 is 38.4 Å². The molecule has 0 saturated heterocycles. The maximum atomic E-state index is 13.2. The average molecular weight is 584 g/mol. The Hall–Kier alpha value is -1.59. The highest BCUT2D eigenvalue weighted by atomic mass is 33.2. The summed E-state index contributed by atoms with van der Waals surface area (Å²) < 4.78 is 115. The molecule has 0 saturated carbocycles. The summed E-state index contributed by atoms with van der Waals surface area (Å²) in [7, 11) is -12.9. The number of hydrogen-bond donors (Lipinski definition) is 0. The lowest BCUT2D eigenvalue weighted by atomic mass is 10.4. The van der Waals surface area contributed by atoms with E-state index in [2.05, 4.69) is 0 Å². The van der Waals surface area contributed by atoms with Gasteiger partial charge in [0.2, 0.25) is 26.6 Å². The van der Waals surface area contributed by atoms with Crippen molar-refractivity contribution in [1.82, 2.24) is 0 Å². The van der Waals surface area contributed by atoms with Gasteiger partial charge in [-0.15, -0.1) is 0 Å². The second-order valence-corrected chi connectivity index (χ2v) is 19.0. The molecule has 0 amide bonds. The van der Waals surface area contributed by atoms with Gasteiger partial charge in [0.05, 0.1) is 14.7 Å². The topological polar surface area (TPSA) is 102 Å². The predicted molar refractivity (Wildman–Crippen MR) is 129 cm³/mol. The van der Waals surface area contributed by atoms with Crippen LogP contribution in [0, 0.1) is 17.5 Å². The Morgan fingerprint density at radius 2 is 0.647 bits per heavy atom. The van der Waals surface area contributed by atoms with Crippen molar-refractivity contribution in [3.05, 3.63) is 90.2 Å². The Morgan fingerprint density at radius 1 is 0.441 bits per heavy atom. The lowest BCUT2D eigenvalue weighted by Gasteiger charge is -2.13. The molecule has 0 aliphatic carbocycles. The molecule has 0 spiro atoms. The fourth-order valence-electron chi connectivity index (χ4n) is 2.33. The molecule has 3 aromatic carbocycles. The van der Waals surface area contributed by atoms with Crippen LogP contribution in [0.1, 0.15) is 0 Å². The van der Waals surface area contributed by atoms with Crippen LogP contribution in [0.25, 0.3) is 0 Å². The Bertz CT molecular complexity index is 1290. The van der Waals surface area contributed by atoms with Gasteiger partial charge in [0.15, 0.2) is 0 Å². The first-order valence-electron chi connectivity index (χ1n) is 8.85. The van der Waals surface area contributed by atoms with Crippen LogP contribution in [0.5, 0.6) is 0 Å². The molecule has 3 rings (SSSR count). The number of halogens is 3. The predicted octanol–water partition coefficient (Wildman–Crippen LogP) is 4.75. The average Bonchev–Trinajstić information content (AvgIpc) is 2.73. The highest BCUT2D eigenvalue weighted by Gasteiger charge is 2.37. The van der Waals surface area contributed by atoms with Crippen LogP contribution in [0.15, 0.2) is 87.5 Å². The molecule has 6 nitrogen and oxygen atoms in total. The fourth-order valence-corrected chi connectivity index (χ4v) is 18.0. The summed E-state index contributed by atoms with van der Waals surface area (Å²) in [5.74, 6) is -2.12. The molecule has 0 atom stereocenters. The second kappa shape index (κ2) is 10.6. The first-order chi connectivity index (χ1) is 15.8. The van der Waals surface area contributed by atoms with Crippen molar-refractivity contribution in [3.8, 4) is 0 Å². The Kier molecular flexibility index (Phi) is 8.40. The maximum absolute atomic E-state index is 13.2. The zero-order chi connectivity index (χ0) is 25.1. The van der Waals surface area contributed by atoms with Gasteiger partial charge in [-0.05, 0) is 105 Å². The summed E-state index contributed by atoms with van der Waals surface area (Å²) in [5.41, 5.74) is 0. The molecular formula is C18H12BF3O6S6. The van der Waals surface area contributed by atoms with Gasteiger partial charge in [-0.3, -0.25) is 0 Å². The summed E-state index contributed by atoms with van der Waals surface area (Å²) in [6, 6.07) is 11.0. The van der Waals surface area contributed by atoms with Gasteiger partial charge in [0.25, 0.3) is 0 Å². The zero-order valence-electron chi connectivity index (χ0n) is 16.5. The lowest BCUT2D eigenvalue weighted by molar-refractivity contribution is 0.606. The second-order valence-electron chi connectivity index (χ2n) is 6.30. The minimum absolute atomic E-state index is 0.0246. The minimum atomic E-state index is -4.34. The number of benzene rings is 3. The normalized spacial score (nSPS) is 12.4. The smallest absolute Gasteiger partial charge is 0.213 e. The van der Waals surface area contributed by atoms with Gasteiger partial charge in [0.1, 0.15) is 17.5 Å². The maximum Gasteiger partial charge on any atom is 0.393 e. The van der Waals surface area contributed by atoms with Gasteiger partial charge >= 0.3 is 4.55 Å². The molecule has 3 aromatic rings. The van der Waals surface area contributed by atoms with E-state index in [-0.39, 0.29) is 46.6 Å². The largest absolute Gasteiger partial charge is 0.393 e. The summed E-state index contributed by atoms with van der Waals surface area (Å²) in [6.45, 7) is 0. The van der Waals surface area contributed by atoms with Crippen LogP contribution in [0.3, 0.4) is 0 Å². The third-order valence-corrected chi connectivity index (χ3v) is 17.4. The molecular weight excluding hydrogens is 572 g/mol. The van der Waals surface area contributed by atoms with E-state index in [4.69, 9.17) is 0 Å². The third kappa shape index (κ3) is 6.98. The Morgan fingerprint density at radius 3 is 0.853 bits per heavy atom. The molecule has 0 fully saturated rings. The van der Waals surface area contributed by atoms with E-state index in [9.17, 15) is 38.4 Å². The van der Waals surface area contributed by atoms with Gasteiger partial charge in [-0.2, -0.15) is 0 Å². The third-order valence-electron chi connectivity index (χ3n) is 3.92. The van der Waals surface area contributed by atoms with Crippen LogP contribution < -0.4 is 0 Å². The number of rotatable bonds is 9. The van der Waals surface area contributed by atoms with E-state index in [1.165, 1.54) is 0 Å². The van der Waals surface area contributed by atoms with Gasteiger partial charge in [-0.25, -0.2) is 38.4 Å². The summed E-state index contributed by atoms with van der Waals surface area (Å²) in [6.07, 6.45) is 0. The molecule has 0 N–H and O–H groups in total. The molecule has 180 valence electrons. The van der Waals surface area contributed by atoms with Gasteiger partial charge in [0, 0.05) is 0 Å². The van der Waals surface area contributed by atoms with Crippen molar-refractivity contribution in [2.24, 2.45) is 0 Å². The van der Waals surface area contributed by atoms with Crippen molar-refractivity contribution in [3.63, 3.8) is 0 Å². The van der Waals surface area contributed by atoms with Crippen LogP contribution >= 0.6 is 31.9 Å². The van der Waals surface area contributed by atoms with Crippen LogP contribution in [-0.2, 0) is 26.6 Å². The minimum Gasteiger partial charge on any atom is -0.213 e. The molecule has 16 heteroatoms. The van der Waals surface area contributed by atoms with E-state index >= 15 is 0 Å². The molecule has 0 aromatic heterocycles. The van der Waals surface area contributed by atoms with Crippen molar-refractivity contribution in [1.29, 1.82) is 0 Å². The highest BCUT2D eigenvalue weighted by Crippen LogP contribution is 2.44. The molecule has 0 aliphatic rings. The molecule has 0 unspecified atom stereocenters. The van der Waals surface area contributed by atoms with E-state index in [1.54, 1.807) is 0 Å². The summed E-state index contributed by atoms with van der Waals surface area (Å²) >= 11 is 0. The quantitative estimate of drug-likeness (QED) is 0.260. The van der Waals surface area contributed by atoms with E-state index in [0.29, 0.717) is 0 Å². The van der Waals surface area contributed by atoms with Crippen LogP contribution in [-0.4, -0.2) is 29.8 Å². The Labute approximate surface area is 205 Å². The van der Waals surface area contributed by atoms with Crippen molar-refractivity contribution in [2.75, 3.05) is 0 Å². The Balaban J connectivity index is 1.97. The van der Waals surface area contributed by atoms with E-state index < -0.39 is 48.6 Å². The lowest BCUT2D eigenvalue weighted by Crippen LogP contribution is -2.13. The number of hydrogen-bond acceptors (Lipinski definition) is 9. The van der Waals surface area contributed by atoms with Crippen molar-refractivity contribution >= 4 is 63.1 Å². The molecule has 0 bridgehead atoms. The van der Waals surface area contributed by atoms with E-state index in [1.807, 2.05) is 0 Å². The molecule has 0 heterocycles. The molecule has 0 aliphatic heterocycles. The first-order valence-corrected chi connectivity index (χ1v) is 17.5. The molecule has 34 heavy (non-hydrogen) atoms. The SMILES string of the molecule is O=S(=O)(SB(SS(=O)(=O)c1ccc(F)cc1)SS(=O)(=O)c1ccc(F)cc1)c1ccc(F)cc1. The zero-order valence-corrected chi connectivity index (χ0v) is 21.4.